The molecule has 11 heteroatoms. The number of Topliss-reactive ketones (excluding diaryl/α,β-unsaturated/α-hetero) is 1. The number of nitrogens with two attached hydrogens (primary N) is 1. The Hall–Kier alpha value is -2.43. The molecule has 34 heavy (non-hydrogen) atoms. The molecular formula is C23H42N4O6S. The first-order valence-electron chi connectivity index (χ1n) is 11.8. The Morgan fingerprint density at radius 2 is 1.59 bits per heavy atom. The zero-order valence-electron chi connectivity index (χ0n) is 20.9. The lowest BCUT2D eigenvalue weighted by molar-refractivity contribution is -0.133. The number of hydrogen-bond acceptors (Lipinski definition) is 6. The van der Waals surface area contributed by atoms with Crippen LogP contribution in [0, 0.1) is 11.8 Å². The molecule has 0 bridgehead atoms. The Morgan fingerprint density at radius 3 is 2.12 bits per heavy atom. The quantitative estimate of drug-likeness (QED) is 0.209. The average Bonchev–Trinajstić information content (AvgIpc) is 2.74. The molecule has 0 radical (unpaired) electrons. The Balaban J connectivity index is 4.82. The van der Waals surface area contributed by atoms with Gasteiger partial charge in [0.15, 0.2) is 15.6 Å². The minimum absolute atomic E-state index is 0.000988. The number of carbonyl (C=O) groups is 4. The van der Waals surface area contributed by atoms with Gasteiger partial charge in [0.1, 0.15) is 6.04 Å². The van der Waals surface area contributed by atoms with Gasteiger partial charge in [0, 0.05) is 24.3 Å². The minimum atomic E-state index is -3.24. The van der Waals surface area contributed by atoms with Crippen LogP contribution >= 0.6 is 0 Å². The SMILES string of the molecule is C=CS(=O)(=O)CCCCCC(=O)NC(C(=O)N[C@H](CCCCNC(N)=O)C(=O)C(C)C)C(C)C. The Morgan fingerprint density at radius 1 is 0.941 bits per heavy atom. The van der Waals surface area contributed by atoms with E-state index in [2.05, 4.69) is 22.5 Å². The Bertz CT molecular complexity index is 795. The maximum atomic E-state index is 12.9. The van der Waals surface area contributed by atoms with Crippen LogP contribution in [0.4, 0.5) is 4.79 Å². The van der Waals surface area contributed by atoms with Crippen molar-refractivity contribution >= 4 is 33.5 Å². The van der Waals surface area contributed by atoms with E-state index in [0.29, 0.717) is 45.1 Å². The lowest BCUT2D eigenvalue weighted by Gasteiger charge is -2.26. The summed E-state index contributed by atoms with van der Waals surface area (Å²) >= 11 is 0. The molecule has 0 fully saturated rings. The van der Waals surface area contributed by atoms with E-state index in [1.807, 2.05) is 0 Å². The standard InChI is InChI=1S/C23H42N4O6S/c1-6-34(32,33)15-11-7-8-13-19(28)27-20(16(2)3)22(30)26-18(21(29)17(4)5)12-9-10-14-25-23(24)31/h6,16-18,20H,1,7-15H2,2-5H3,(H,26,30)(H,27,28)(H3,24,25,31)/t18-,20?/m1/s1. The zero-order chi connectivity index (χ0) is 26.3. The fourth-order valence-corrected chi connectivity index (χ4v) is 4.04. The smallest absolute Gasteiger partial charge is 0.312 e. The number of unbranched alkanes of at least 4 members (excludes halogenated alkanes) is 3. The summed E-state index contributed by atoms with van der Waals surface area (Å²) in [5.74, 6) is -1.29. The normalized spacial score (nSPS) is 13.2. The van der Waals surface area contributed by atoms with Crippen molar-refractivity contribution < 1.29 is 27.6 Å². The third-order valence-corrected chi connectivity index (χ3v) is 6.67. The molecule has 0 aliphatic carbocycles. The summed E-state index contributed by atoms with van der Waals surface area (Å²) in [5, 5.41) is 8.95. The van der Waals surface area contributed by atoms with Crippen molar-refractivity contribution in [3.05, 3.63) is 12.0 Å². The van der Waals surface area contributed by atoms with Crippen LogP contribution < -0.4 is 21.7 Å². The molecule has 0 aromatic carbocycles. The monoisotopic (exact) mass is 502 g/mol. The number of carbonyl (C=O) groups excluding carboxylic acids is 4. The number of amides is 4. The van der Waals surface area contributed by atoms with Crippen LogP contribution in [0.25, 0.3) is 0 Å². The predicted molar refractivity (Wildman–Crippen MR) is 132 cm³/mol. The molecule has 0 spiro atoms. The van der Waals surface area contributed by atoms with Gasteiger partial charge >= 0.3 is 6.03 Å². The van der Waals surface area contributed by atoms with Gasteiger partial charge in [-0.05, 0) is 38.0 Å². The van der Waals surface area contributed by atoms with Crippen LogP contribution in [0.5, 0.6) is 0 Å². The molecule has 0 saturated heterocycles. The maximum absolute atomic E-state index is 12.9. The van der Waals surface area contributed by atoms with Crippen molar-refractivity contribution in [1.82, 2.24) is 16.0 Å². The second kappa shape index (κ2) is 16.2. The number of sulfone groups is 1. The van der Waals surface area contributed by atoms with Gasteiger partial charge in [0.25, 0.3) is 0 Å². The fraction of sp³-hybridized carbons (Fsp3) is 0.739. The number of primary amides is 1. The molecule has 4 amide bonds. The highest BCUT2D eigenvalue weighted by Crippen LogP contribution is 2.11. The first-order valence-corrected chi connectivity index (χ1v) is 13.5. The predicted octanol–water partition coefficient (Wildman–Crippen LogP) is 1.79. The summed E-state index contributed by atoms with van der Waals surface area (Å²) in [6, 6.07) is -2.10. The second-order valence-corrected chi connectivity index (χ2v) is 11.1. The first kappa shape index (κ1) is 31.6. The van der Waals surface area contributed by atoms with Gasteiger partial charge in [-0.25, -0.2) is 13.2 Å². The van der Waals surface area contributed by atoms with Crippen LogP contribution in [-0.4, -0.2) is 56.4 Å². The summed E-state index contributed by atoms with van der Waals surface area (Å²) in [7, 11) is -3.24. The molecule has 0 saturated carbocycles. The first-order chi connectivity index (χ1) is 15.8. The van der Waals surface area contributed by atoms with Crippen LogP contribution in [0.15, 0.2) is 12.0 Å². The van der Waals surface area contributed by atoms with Crippen molar-refractivity contribution in [2.75, 3.05) is 12.3 Å². The van der Waals surface area contributed by atoms with Gasteiger partial charge in [0.05, 0.1) is 11.8 Å². The van der Waals surface area contributed by atoms with E-state index >= 15 is 0 Å². The molecule has 0 heterocycles. The highest BCUT2D eigenvalue weighted by molar-refractivity contribution is 7.94. The topological polar surface area (TPSA) is 165 Å². The summed E-state index contributed by atoms with van der Waals surface area (Å²) in [6.45, 7) is 10.8. The third kappa shape index (κ3) is 14.0. The zero-order valence-corrected chi connectivity index (χ0v) is 21.7. The van der Waals surface area contributed by atoms with E-state index < -0.39 is 33.9 Å². The number of urea groups is 1. The largest absolute Gasteiger partial charge is 0.352 e. The summed E-state index contributed by atoms with van der Waals surface area (Å²) in [4.78, 5) is 48.7. The highest BCUT2D eigenvalue weighted by atomic mass is 32.2. The van der Waals surface area contributed by atoms with Crippen LogP contribution in [-0.2, 0) is 24.2 Å². The molecule has 2 atom stereocenters. The maximum Gasteiger partial charge on any atom is 0.312 e. The van der Waals surface area contributed by atoms with Crippen LogP contribution in [0.2, 0.25) is 0 Å². The summed E-state index contributed by atoms with van der Waals surface area (Å²) < 4.78 is 22.8. The van der Waals surface area contributed by atoms with E-state index in [9.17, 15) is 27.6 Å². The van der Waals surface area contributed by atoms with Gasteiger partial charge in [-0.3, -0.25) is 14.4 Å². The number of ketones is 1. The molecule has 0 aromatic rings. The lowest BCUT2D eigenvalue weighted by Crippen LogP contribution is -2.54. The van der Waals surface area contributed by atoms with Crippen molar-refractivity contribution in [1.29, 1.82) is 0 Å². The van der Waals surface area contributed by atoms with E-state index in [1.54, 1.807) is 27.7 Å². The van der Waals surface area contributed by atoms with Crippen molar-refractivity contribution in [2.24, 2.45) is 17.6 Å². The van der Waals surface area contributed by atoms with Gasteiger partial charge < -0.3 is 21.7 Å². The molecule has 0 aliphatic heterocycles. The summed E-state index contributed by atoms with van der Waals surface area (Å²) in [5.41, 5.74) is 5.03. The van der Waals surface area contributed by atoms with Gasteiger partial charge in [-0.2, -0.15) is 0 Å². The molecule has 1 unspecified atom stereocenters. The third-order valence-electron chi connectivity index (χ3n) is 5.30. The summed E-state index contributed by atoms with van der Waals surface area (Å²) in [6.07, 6.45) is 3.29. The van der Waals surface area contributed by atoms with Crippen molar-refractivity contribution in [3.63, 3.8) is 0 Å². The van der Waals surface area contributed by atoms with Crippen LogP contribution in [0.3, 0.4) is 0 Å². The molecule has 0 rings (SSSR count). The van der Waals surface area contributed by atoms with E-state index in [1.165, 1.54) is 0 Å². The number of rotatable bonds is 18. The molecule has 5 N–H and O–H groups in total. The van der Waals surface area contributed by atoms with E-state index in [-0.39, 0.29) is 35.7 Å². The van der Waals surface area contributed by atoms with E-state index in [4.69, 9.17) is 5.73 Å². The number of nitrogens with one attached hydrogen (secondary N) is 3. The second-order valence-electron chi connectivity index (χ2n) is 9.04. The molecule has 10 nitrogen and oxygen atoms in total. The highest BCUT2D eigenvalue weighted by Gasteiger charge is 2.29. The fourth-order valence-electron chi connectivity index (χ4n) is 3.26. The van der Waals surface area contributed by atoms with Gasteiger partial charge in [-0.1, -0.05) is 40.7 Å². The van der Waals surface area contributed by atoms with Crippen molar-refractivity contribution in [2.45, 2.75) is 84.7 Å². The minimum Gasteiger partial charge on any atom is -0.352 e. The van der Waals surface area contributed by atoms with Gasteiger partial charge in [-0.15, -0.1) is 0 Å². The van der Waals surface area contributed by atoms with Crippen LogP contribution in [0.1, 0.15) is 72.6 Å². The molecule has 0 aliphatic rings. The molecule has 196 valence electrons. The van der Waals surface area contributed by atoms with Crippen molar-refractivity contribution in [3.8, 4) is 0 Å². The van der Waals surface area contributed by atoms with E-state index in [0.717, 1.165) is 5.41 Å². The average molecular weight is 503 g/mol. The Kier molecular flexibility index (Phi) is 15.1. The number of hydrogen-bond donors (Lipinski definition) is 4. The molecule has 0 aromatic heterocycles. The lowest BCUT2D eigenvalue weighted by atomic mass is 9.95. The van der Waals surface area contributed by atoms with Gasteiger partial charge in [0.2, 0.25) is 11.8 Å². The Labute approximate surface area is 203 Å². The molecular weight excluding hydrogens is 460 g/mol.